The fourth-order valence-corrected chi connectivity index (χ4v) is 3.45. The topological polar surface area (TPSA) is 79.2 Å². The number of aryl methyl sites for hydroxylation is 1. The Kier molecular flexibility index (Phi) is 3.76. The van der Waals surface area contributed by atoms with Crippen LogP contribution in [0.15, 0.2) is 35.5 Å². The molecule has 0 radical (unpaired) electrons. The van der Waals surface area contributed by atoms with E-state index < -0.39 is 0 Å². The Bertz CT molecular complexity index is 886. The van der Waals surface area contributed by atoms with Crippen LogP contribution in [0.25, 0.3) is 5.65 Å². The van der Waals surface area contributed by atoms with E-state index in [1.54, 1.807) is 16.9 Å². The second-order valence-corrected chi connectivity index (χ2v) is 6.47. The maximum Gasteiger partial charge on any atom is 0.247 e. The van der Waals surface area contributed by atoms with Gasteiger partial charge in [0, 0.05) is 25.4 Å². The van der Waals surface area contributed by atoms with Crippen molar-refractivity contribution in [3.63, 3.8) is 0 Å². The highest BCUT2D eigenvalue weighted by Crippen LogP contribution is 2.27. The van der Waals surface area contributed by atoms with Gasteiger partial charge in [-0.05, 0) is 43.7 Å². The van der Waals surface area contributed by atoms with Gasteiger partial charge in [-0.1, -0.05) is 6.07 Å². The number of fused-ring (bicyclic) bond motifs is 1. The minimum Gasteiger partial charge on any atom is -0.368 e. The minimum atomic E-state index is -0.0426. The summed E-state index contributed by atoms with van der Waals surface area (Å²) in [6.07, 6.45) is 6.75. The van der Waals surface area contributed by atoms with Crippen LogP contribution in [-0.4, -0.2) is 37.9 Å². The molecular formula is C17H20N6O. The van der Waals surface area contributed by atoms with Gasteiger partial charge in [0.2, 0.25) is 11.2 Å². The molecule has 0 aromatic carbocycles. The maximum atomic E-state index is 11.1. The molecule has 7 heteroatoms. The molecule has 0 atom stereocenters. The number of nitrogens with one attached hydrogen (secondary N) is 1. The van der Waals surface area contributed by atoms with Crippen LogP contribution < -0.4 is 10.5 Å². The first-order valence-electron chi connectivity index (χ1n) is 8.29. The number of pyridine rings is 1. The number of H-pyrrole nitrogens is 1. The van der Waals surface area contributed by atoms with Crippen molar-refractivity contribution in [1.82, 2.24) is 24.8 Å². The van der Waals surface area contributed by atoms with Crippen LogP contribution in [0.1, 0.15) is 24.1 Å². The van der Waals surface area contributed by atoms with E-state index in [4.69, 9.17) is 0 Å². The normalized spacial score (nSPS) is 16.0. The summed E-state index contributed by atoms with van der Waals surface area (Å²) < 4.78 is 1.75. The summed E-state index contributed by atoms with van der Waals surface area (Å²) in [5.41, 5.74) is 4.06. The van der Waals surface area contributed by atoms with Crippen molar-refractivity contribution >= 4 is 11.3 Å². The van der Waals surface area contributed by atoms with Crippen LogP contribution in [0.2, 0.25) is 0 Å². The highest BCUT2D eigenvalue weighted by atomic mass is 16.1. The number of anilines is 1. The molecule has 0 saturated carbocycles. The first-order chi connectivity index (χ1) is 11.7. The monoisotopic (exact) mass is 324 g/mol. The van der Waals surface area contributed by atoms with Gasteiger partial charge in [0.05, 0.1) is 11.4 Å². The Morgan fingerprint density at radius 3 is 2.88 bits per heavy atom. The summed E-state index contributed by atoms with van der Waals surface area (Å²) >= 11 is 0. The van der Waals surface area contributed by atoms with Crippen molar-refractivity contribution in [1.29, 1.82) is 0 Å². The molecule has 3 aromatic rings. The number of hydrogen-bond donors (Lipinski definition) is 1. The molecule has 1 aliphatic heterocycles. The molecule has 0 bridgehead atoms. The van der Waals surface area contributed by atoms with Crippen molar-refractivity contribution in [2.75, 3.05) is 18.0 Å². The summed E-state index contributed by atoms with van der Waals surface area (Å²) in [6, 6.07) is 5.62. The highest BCUT2D eigenvalue weighted by Gasteiger charge is 2.22. The highest BCUT2D eigenvalue weighted by molar-refractivity contribution is 5.68. The molecule has 1 N–H and O–H groups in total. The standard InChI is InChI=1S/C17H20N6O/c1-12-8-15(17-20-19-11-23(17)21-12)22-6-4-13(5-7-22)9-14-2-3-16(24)18-10-14/h2-3,8,10-11,13H,4-7,9H2,1H3,(H,18,24). The van der Waals surface area contributed by atoms with Crippen LogP contribution in [0.3, 0.4) is 0 Å². The lowest BCUT2D eigenvalue weighted by molar-refractivity contribution is 0.403. The van der Waals surface area contributed by atoms with Gasteiger partial charge < -0.3 is 9.88 Å². The molecule has 4 rings (SSSR count). The van der Waals surface area contributed by atoms with Crippen LogP contribution in [0.5, 0.6) is 0 Å². The number of aromatic nitrogens is 5. The van der Waals surface area contributed by atoms with Gasteiger partial charge >= 0.3 is 0 Å². The van der Waals surface area contributed by atoms with Crippen LogP contribution in [-0.2, 0) is 6.42 Å². The zero-order valence-corrected chi connectivity index (χ0v) is 13.6. The Morgan fingerprint density at radius 1 is 1.29 bits per heavy atom. The van der Waals surface area contributed by atoms with Gasteiger partial charge in [0.1, 0.15) is 6.33 Å². The van der Waals surface area contributed by atoms with Crippen molar-refractivity contribution in [2.24, 2.45) is 5.92 Å². The van der Waals surface area contributed by atoms with E-state index in [9.17, 15) is 4.79 Å². The van der Waals surface area contributed by atoms with Crippen LogP contribution >= 0.6 is 0 Å². The van der Waals surface area contributed by atoms with Gasteiger partial charge in [0.15, 0.2) is 0 Å². The second kappa shape index (κ2) is 6.07. The lowest BCUT2D eigenvalue weighted by Gasteiger charge is -2.33. The Balaban J connectivity index is 1.46. The first-order valence-corrected chi connectivity index (χ1v) is 8.29. The van der Waals surface area contributed by atoms with E-state index in [0.717, 1.165) is 49.4 Å². The summed E-state index contributed by atoms with van der Waals surface area (Å²) in [7, 11) is 0. The van der Waals surface area contributed by atoms with E-state index in [-0.39, 0.29) is 5.56 Å². The summed E-state index contributed by atoms with van der Waals surface area (Å²) in [5, 5.41) is 12.6. The van der Waals surface area contributed by atoms with Gasteiger partial charge in [-0.15, -0.1) is 10.2 Å². The molecular weight excluding hydrogens is 304 g/mol. The third-order valence-corrected chi connectivity index (χ3v) is 4.70. The van der Waals surface area contributed by atoms with E-state index in [0.29, 0.717) is 5.92 Å². The molecule has 0 amide bonds. The molecule has 1 fully saturated rings. The summed E-state index contributed by atoms with van der Waals surface area (Å²) in [4.78, 5) is 16.3. The maximum absolute atomic E-state index is 11.1. The van der Waals surface area contributed by atoms with Gasteiger partial charge in [-0.2, -0.15) is 9.61 Å². The Labute approximate surface area is 139 Å². The number of hydrogen-bond acceptors (Lipinski definition) is 5. The molecule has 7 nitrogen and oxygen atoms in total. The number of aromatic amines is 1. The lowest BCUT2D eigenvalue weighted by atomic mass is 9.90. The minimum absolute atomic E-state index is 0.0426. The largest absolute Gasteiger partial charge is 0.368 e. The predicted octanol–water partition coefficient (Wildman–Crippen LogP) is 1.58. The van der Waals surface area contributed by atoms with Gasteiger partial charge in [-0.3, -0.25) is 4.79 Å². The SMILES string of the molecule is Cc1cc(N2CCC(Cc3ccc(=O)[nH]c3)CC2)c2nncn2n1. The molecule has 3 aromatic heterocycles. The fourth-order valence-electron chi connectivity index (χ4n) is 3.45. The number of nitrogens with zero attached hydrogens (tertiary/aromatic N) is 5. The molecule has 24 heavy (non-hydrogen) atoms. The first kappa shape index (κ1) is 14.9. The van der Waals surface area contributed by atoms with Crippen molar-refractivity contribution in [3.05, 3.63) is 52.3 Å². The van der Waals surface area contributed by atoms with E-state index in [1.165, 1.54) is 5.56 Å². The van der Waals surface area contributed by atoms with Crippen molar-refractivity contribution < 1.29 is 0 Å². The summed E-state index contributed by atoms with van der Waals surface area (Å²) in [5.74, 6) is 0.643. The third-order valence-electron chi connectivity index (χ3n) is 4.70. The third kappa shape index (κ3) is 2.89. The van der Waals surface area contributed by atoms with Gasteiger partial charge in [0.25, 0.3) is 0 Å². The molecule has 0 unspecified atom stereocenters. The molecule has 0 aliphatic carbocycles. The lowest BCUT2D eigenvalue weighted by Crippen LogP contribution is -2.34. The van der Waals surface area contributed by atoms with E-state index in [1.807, 2.05) is 19.2 Å². The van der Waals surface area contributed by atoms with Crippen molar-refractivity contribution in [2.45, 2.75) is 26.2 Å². The molecule has 1 aliphatic rings. The Morgan fingerprint density at radius 2 is 2.12 bits per heavy atom. The van der Waals surface area contributed by atoms with Gasteiger partial charge in [-0.25, -0.2) is 0 Å². The average molecular weight is 324 g/mol. The van der Waals surface area contributed by atoms with Crippen molar-refractivity contribution in [3.8, 4) is 0 Å². The molecule has 4 heterocycles. The zero-order chi connectivity index (χ0) is 16.5. The average Bonchev–Trinajstić information content (AvgIpc) is 3.05. The molecule has 0 spiro atoms. The number of rotatable bonds is 3. The predicted molar refractivity (Wildman–Crippen MR) is 91.2 cm³/mol. The second-order valence-electron chi connectivity index (χ2n) is 6.47. The zero-order valence-electron chi connectivity index (χ0n) is 13.6. The van der Waals surface area contributed by atoms with E-state index in [2.05, 4.69) is 31.2 Å². The number of piperidine rings is 1. The smallest absolute Gasteiger partial charge is 0.247 e. The molecule has 124 valence electrons. The quantitative estimate of drug-likeness (QED) is 0.791. The fraction of sp³-hybridized carbons (Fsp3) is 0.412. The van der Waals surface area contributed by atoms with E-state index >= 15 is 0 Å². The van der Waals surface area contributed by atoms with Crippen LogP contribution in [0, 0.1) is 12.8 Å². The summed E-state index contributed by atoms with van der Waals surface area (Å²) in [6.45, 7) is 3.99. The van der Waals surface area contributed by atoms with Crippen LogP contribution in [0.4, 0.5) is 5.69 Å². The Hall–Kier alpha value is -2.70. The molecule has 1 saturated heterocycles.